The fraction of sp³-hybridized carbons (Fsp3) is 0.611. The minimum atomic E-state index is 0.0313. The Morgan fingerprint density at radius 3 is 2.92 bits per heavy atom. The van der Waals surface area contributed by atoms with Crippen LogP contribution >= 0.6 is 23.1 Å². The summed E-state index contributed by atoms with van der Waals surface area (Å²) in [5.74, 6) is 1.02. The fourth-order valence-electron chi connectivity index (χ4n) is 3.42. The number of amides is 1. The van der Waals surface area contributed by atoms with Crippen LogP contribution in [0, 0.1) is 5.92 Å². The average Bonchev–Trinajstić information content (AvgIpc) is 3.31. The molecule has 0 aromatic carbocycles. The SMILES string of the molecule is CCn1c(SCC(=O)NC2CC2)nc2sc3c(c2c1=O)CCC(C)C3. The summed E-state index contributed by atoms with van der Waals surface area (Å²) in [6, 6.07) is 0.364. The Labute approximate surface area is 155 Å². The molecule has 0 spiro atoms. The highest BCUT2D eigenvalue weighted by Gasteiger charge is 2.25. The first-order valence-electron chi connectivity index (χ1n) is 9.04. The molecule has 0 saturated heterocycles. The topological polar surface area (TPSA) is 64.0 Å². The molecule has 5 nitrogen and oxygen atoms in total. The van der Waals surface area contributed by atoms with E-state index in [2.05, 4.69) is 12.2 Å². The highest BCUT2D eigenvalue weighted by atomic mass is 32.2. The van der Waals surface area contributed by atoms with Crippen molar-refractivity contribution in [2.24, 2.45) is 5.92 Å². The molecule has 1 unspecified atom stereocenters. The smallest absolute Gasteiger partial charge is 0.263 e. The molecule has 1 atom stereocenters. The minimum Gasteiger partial charge on any atom is -0.353 e. The monoisotopic (exact) mass is 377 g/mol. The lowest BCUT2D eigenvalue weighted by Gasteiger charge is -2.17. The van der Waals surface area contributed by atoms with Crippen molar-refractivity contribution in [3.8, 4) is 0 Å². The van der Waals surface area contributed by atoms with E-state index < -0.39 is 0 Å². The van der Waals surface area contributed by atoms with Crippen LogP contribution in [0.4, 0.5) is 0 Å². The van der Waals surface area contributed by atoms with E-state index in [1.54, 1.807) is 15.9 Å². The van der Waals surface area contributed by atoms with Gasteiger partial charge < -0.3 is 5.32 Å². The molecular weight excluding hydrogens is 354 g/mol. The Hall–Kier alpha value is -1.34. The maximum absolute atomic E-state index is 13.0. The lowest BCUT2D eigenvalue weighted by atomic mass is 9.89. The summed E-state index contributed by atoms with van der Waals surface area (Å²) in [4.78, 5) is 32.0. The molecule has 0 radical (unpaired) electrons. The van der Waals surface area contributed by atoms with Gasteiger partial charge in [-0.2, -0.15) is 0 Å². The summed E-state index contributed by atoms with van der Waals surface area (Å²) >= 11 is 3.04. The number of nitrogens with one attached hydrogen (secondary N) is 1. The molecule has 25 heavy (non-hydrogen) atoms. The zero-order valence-electron chi connectivity index (χ0n) is 14.6. The maximum Gasteiger partial charge on any atom is 0.263 e. The van der Waals surface area contributed by atoms with Crippen LogP contribution in [0.5, 0.6) is 0 Å². The van der Waals surface area contributed by atoms with E-state index in [9.17, 15) is 9.59 Å². The predicted molar refractivity (Wildman–Crippen MR) is 103 cm³/mol. The number of rotatable bonds is 5. The van der Waals surface area contributed by atoms with Crippen molar-refractivity contribution in [3.63, 3.8) is 0 Å². The molecule has 0 aliphatic heterocycles. The number of aryl methyl sites for hydroxylation is 1. The molecule has 4 rings (SSSR count). The van der Waals surface area contributed by atoms with Crippen molar-refractivity contribution in [1.29, 1.82) is 0 Å². The molecular formula is C18H23N3O2S2. The molecule has 1 saturated carbocycles. The van der Waals surface area contributed by atoms with Crippen molar-refractivity contribution in [1.82, 2.24) is 14.9 Å². The Kier molecular flexibility index (Phi) is 4.62. The Balaban J connectivity index is 1.67. The summed E-state index contributed by atoms with van der Waals surface area (Å²) in [5, 5.41) is 4.47. The van der Waals surface area contributed by atoms with Gasteiger partial charge in [-0.3, -0.25) is 14.2 Å². The quantitative estimate of drug-likeness (QED) is 0.643. The van der Waals surface area contributed by atoms with E-state index in [0.717, 1.165) is 42.3 Å². The van der Waals surface area contributed by atoms with Crippen LogP contribution in [0.3, 0.4) is 0 Å². The molecule has 0 bridgehead atoms. The first kappa shape index (κ1) is 17.1. The molecule has 2 heterocycles. The van der Waals surface area contributed by atoms with Gasteiger partial charge in [-0.1, -0.05) is 18.7 Å². The molecule has 1 N–H and O–H groups in total. The Bertz CT molecular complexity index is 883. The maximum atomic E-state index is 13.0. The van der Waals surface area contributed by atoms with Gasteiger partial charge in [0.15, 0.2) is 5.16 Å². The number of fused-ring (bicyclic) bond motifs is 3. The molecule has 2 aliphatic carbocycles. The lowest BCUT2D eigenvalue weighted by Crippen LogP contribution is -2.28. The van der Waals surface area contributed by atoms with Gasteiger partial charge in [0.2, 0.25) is 5.91 Å². The number of thioether (sulfide) groups is 1. The first-order chi connectivity index (χ1) is 12.1. The molecule has 1 fully saturated rings. The molecule has 2 aromatic rings. The third-order valence-electron chi connectivity index (χ3n) is 4.97. The van der Waals surface area contributed by atoms with Crippen LogP contribution in [0.25, 0.3) is 10.2 Å². The number of hydrogen-bond acceptors (Lipinski definition) is 5. The van der Waals surface area contributed by atoms with Crippen molar-refractivity contribution in [2.75, 3.05) is 5.75 Å². The molecule has 7 heteroatoms. The lowest BCUT2D eigenvalue weighted by molar-refractivity contribution is -0.118. The van der Waals surface area contributed by atoms with Gasteiger partial charge in [0.25, 0.3) is 5.56 Å². The first-order valence-corrected chi connectivity index (χ1v) is 10.8. The van der Waals surface area contributed by atoms with E-state index in [1.165, 1.54) is 22.2 Å². The largest absolute Gasteiger partial charge is 0.353 e. The highest BCUT2D eigenvalue weighted by Crippen LogP contribution is 2.36. The van der Waals surface area contributed by atoms with Gasteiger partial charge in [0, 0.05) is 17.5 Å². The van der Waals surface area contributed by atoms with E-state index in [4.69, 9.17) is 4.98 Å². The van der Waals surface area contributed by atoms with Crippen LogP contribution in [0.1, 0.15) is 43.6 Å². The van der Waals surface area contributed by atoms with Crippen molar-refractivity contribution in [3.05, 3.63) is 20.8 Å². The number of thiophene rings is 1. The number of carbonyl (C=O) groups excluding carboxylic acids is 1. The number of nitrogens with zero attached hydrogens (tertiary/aromatic N) is 2. The van der Waals surface area contributed by atoms with Gasteiger partial charge in [0.05, 0.1) is 11.1 Å². The average molecular weight is 378 g/mol. The standard InChI is InChI=1S/C18H23N3O2S2/c1-3-21-17(23)15-12-7-4-10(2)8-13(12)25-16(15)20-18(21)24-9-14(22)19-11-5-6-11/h10-11H,3-9H2,1-2H3,(H,19,22). The third-order valence-corrected chi connectivity index (χ3v) is 7.10. The molecule has 2 aliphatic rings. The van der Waals surface area contributed by atoms with Crippen LogP contribution in [0.2, 0.25) is 0 Å². The molecule has 134 valence electrons. The normalized spacial score (nSPS) is 19.8. The Morgan fingerprint density at radius 1 is 1.40 bits per heavy atom. The van der Waals surface area contributed by atoms with E-state index in [-0.39, 0.29) is 11.5 Å². The Morgan fingerprint density at radius 2 is 2.20 bits per heavy atom. The summed E-state index contributed by atoms with van der Waals surface area (Å²) < 4.78 is 1.72. The van der Waals surface area contributed by atoms with Gasteiger partial charge in [0.1, 0.15) is 4.83 Å². The van der Waals surface area contributed by atoms with Gasteiger partial charge >= 0.3 is 0 Å². The minimum absolute atomic E-state index is 0.0313. The van der Waals surface area contributed by atoms with E-state index in [1.807, 2.05) is 6.92 Å². The van der Waals surface area contributed by atoms with Crippen molar-refractivity contribution >= 4 is 39.2 Å². The summed E-state index contributed by atoms with van der Waals surface area (Å²) in [6.07, 6.45) is 5.34. The van der Waals surface area contributed by atoms with Crippen molar-refractivity contribution in [2.45, 2.75) is 63.7 Å². The highest BCUT2D eigenvalue weighted by molar-refractivity contribution is 7.99. The second kappa shape index (κ2) is 6.76. The van der Waals surface area contributed by atoms with Gasteiger partial charge in [-0.15, -0.1) is 11.3 Å². The predicted octanol–water partition coefficient (Wildman–Crippen LogP) is 2.97. The fourth-order valence-corrected chi connectivity index (χ4v) is 5.72. The second-order valence-corrected chi connectivity index (χ2v) is 9.13. The second-order valence-electron chi connectivity index (χ2n) is 7.11. The summed E-state index contributed by atoms with van der Waals surface area (Å²) in [5.41, 5.74) is 1.28. The summed E-state index contributed by atoms with van der Waals surface area (Å²) in [7, 11) is 0. The number of carbonyl (C=O) groups is 1. The van der Waals surface area contributed by atoms with Gasteiger partial charge in [-0.25, -0.2) is 4.98 Å². The zero-order valence-corrected chi connectivity index (χ0v) is 16.3. The third kappa shape index (κ3) is 3.36. The zero-order chi connectivity index (χ0) is 17.6. The molecule has 2 aromatic heterocycles. The van der Waals surface area contributed by atoms with Crippen molar-refractivity contribution < 1.29 is 4.79 Å². The van der Waals surface area contributed by atoms with Crippen LogP contribution in [-0.4, -0.2) is 27.3 Å². The van der Waals surface area contributed by atoms with E-state index >= 15 is 0 Å². The van der Waals surface area contributed by atoms with Gasteiger partial charge in [-0.05, 0) is 50.5 Å². The van der Waals surface area contributed by atoms with Crippen LogP contribution < -0.4 is 10.9 Å². The molecule has 1 amide bonds. The van der Waals surface area contributed by atoms with Crippen LogP contribution in [0.15, 0.2) is 9.95 Å². The van der Waals surface area contributed by atoms with Crippen LogP contribution in [-0.2, 0) is 24.2 Å². The number of hydrogen-bond donors (Lipinski definition) is 1. The van der Waals surface area contributed by atoms with E-state index in [0.29, 0.717) is 29.4 Å². The number of aromatic nitrogens is 2. The summed E-state index contributed by atoms with van der Waals surface area (Å²) in [6.45, 7) is 4.81.